The Bertz CT molecular complexity index is 377. The van der Waals surface area contributed by atoms with E-state index in [9.17, 15) is 9.59 Å². The monoisotopic (exact) mass is 278 g/mol. The van der Waals surface area contributed by atoms with Gasteiger partial charge < -0.3 is 4.90 Å². The number of amides is 1. The number of hydrogen-bond donors (Lipinski definition) is 0. The molecule has 3 aliphatic rings. The number of hydrogen-bond acceptors (Lipinski definition) is 3. The maximum absolute atomic E-state index is 12.3. The minimum Gasteiger partial charge on any atom is -0.342 e. The van der Waals surface area contributed by atoms with Crippen molar-refractivity contribution in [3.05, 3.63) is 0 Å². The SMILES string of the molecule is O=C1CCCCC1C1CCCN1CC(=O)N1CCCC1. The molecule has 3 fully saturated rings. The third kappa shape index (κ3) is 2.90. The Morgan fingerprint density at radius 3 is 2.55 bits per heavy atom. The Hall–Kier alpha value is -0.900. The van der Waals surface area contributed by atoms with Gasteiger partial charge in [0.2, 0.25) is 5.91 Å². The van der Waals surface area contributed by atoms with Crippen LogP contribution in [0.5, 0.6) is 0 Å². The fraction of sp³-hybridized carbons (Fsp3) is 0.875. The van der Waals surface area contributed by atoms with Crippen molar-refractivity contribution in [3.63, 3.8) is 0 Å². The normalized spacial score (nSPS) is 32.0. The highest BCUT2D eigenvalue weighted by atomic mass is 16.2. The van der Waals surface area contributed by atoms with E-state index in [2.05, 4.69) is 4.90 Å². The number of rotatable bonds is 3. The largest absolute Gasteiger partial charge is 0.342 e. The van der Waals surface area contributed by atoms with Crippen molar-refractivity contribution in [3.8, 4) is 0 Å². The molecule has 0 bridgehead atoms. The third-order valence-corrected chi connectivity index (χ3v) is 5.28. The van der Waals surface area contributed by atoms with E-state index in [4.69, 9.17) is 0 Å². The molecule has 1 amide bonds. The average Bonchev–Trinajstić information content (AvgIpc) is 3.10. The van der Waals surface area contributed by atoms with Gasteiger partial charge in [-0.3, -0.25) is 14.5 Å². The van der Waals surface area contributed by atoms with E-state index in [0.29, 0.717) is 18.4 Å². The van der Waals surface area contributed by atoms with Gasteiger partial charge in [0.1, 0.15) is 5.78 Å². The molecule has 0 aromatic carbocycles. The molecule has 112 valence electrons. The Labute approximate surface area is 121 Å². The van der Waals surface area contributed by atoms with E-state index < -0.39 is 0 Å². The first-order chi connectivity index (χ1) is 9.75. The Kier molecular flexibility index (Phi) is 4.39. The van der Waals surface area contributed by atoms with Crippen LogP contribution in [-0.4, -0.2) is 53.7 Å². The summed E-state index contributed by atoms with van der Waals surface area (Å²) in [5.41, 5.74) is 0. The van der Waals surface area contributed by atoms with Crippen LogP contribution >= 0.6 is 0 Å². The lowest BCUT2D eigenvalue weighted by Crippen LogP contribution is -2.45. The van der Waals surface area contributed by atoms with Crippen LogP contribution in [-0.2, 0) is 9.59 Å². The molecule has 1 aliphatic carbocycles. The zero-order chi connectivity index (χ0) is 13.9. The van der Waals surface area contributed by atoms with Crippen molar-refractivity contribution in [2.24, 2.45) is 5.92 Å². The van der Waals surface area contributed by atoms with Crippen LogP contribution < -0.4 is 0 Å². The molecule has 2 atom stereocenters. The van der Waals surface area contributed by atoms with Gasteiger partial charge in [-0.25, -0.2) is 0 Å². The van der Waals surface area contributed by atoms with Gasteiger partial charge in [-0.15, -0.1) is 0 Å². The standard InChI is InChI=1S/C16H26N2O2/c19-15-8-2-1-6-13(15)14-7-5-11-18(14)12-16(20)17-9-3-4-10-17/h13-14H,1-12H2. The zero-order valence-electron chi connectivity index (χ0n) is 12.4. The van der Waals surface area contributed by atoms with Gasteiger partial charge >= 0.3 is 0 Å². The van der Waals surface area contributed by atoms with Gasteiger partial charge in [0, 0.05) is 31.5 Å². The third-order valence-electron chi connectivity index (χ3n) is 5.28. The lowest BCUT2D eigenvalue weighted by atomic mass is 9.82. The van der Waals surface area contributed by atoms with E-state index >= 15 is 0 Å². The quantitative estimate of drug-likeness (QED) is 0.791. The molecular formula is C16H26N2O2. The molecule has 3 rings (SSSR count). The highest BCUT2D eigenvalue weighted by Gasteiger charge is 2.37. The van der Waals surface area contributed by atoms with E-state index in [1.807, 2.05) is 4.90 Å². The van der Waals surface area contributed by atoms with Gasteiger partial charge in [-0.2, -0.15) is 0 Å². The van der Waals surface area contributed by atoms with Crippen LogP contribution in [0.1, 0.15) is 51.4 Å². The van der Waals surface area contributed by atoms with Crippen molar-refractivity contribution in [2.45, 2.75) is 57.4 Å². The highest BCUT2D eigenvalue weighted by molar-refractivity contribution is 5.83. The summed E-state index contributed by atoms with van der Waals surface area (Å²) in [6.45, 7) is 3.39. The summed E-state index contributed by atoms with van der Waals surface area (Å²) >= 11 is 0. The molecular weight excluding hydrogens is 252 g/mol. The van der Waals surface area contributed by atoms with Crippen LogP contribution in [0.25, 0.3) is 0 Å². The predicted molar refractivity (Wildman–Crippen MR) is 77.4 cm³/mol. The first kappa shape index (κ1) is 14.1. The summed E-state index contributed by atoms with van der Waals surface area (Å²) in [6.07, 6.45) is 8.58. The second kappa shape index (κ2) is 6.25. The molecule has 0 N–H and O–H groups in total. The number of nitrogens with zero attached hydrogens (tertiary/aromatic N) is 2. The van der Waals surface area contributed by atoms with Gasteiger partial charge in [-0.1, -0.05) is 6.42 Å². The molecule has 20 heavy (non-hydrogen) atoms. The van der Waals surface area contributed by atoms with Gasteiger partial charge in [0.15, 0.2) is 0 Å². The lowest BCUT2D eigenvalue weighted by Gasteiger charge is -2.33. The van der Waals surface area contributed by atoms with E-state index in [1.54, 1.807) is 0 Å². The molecule has 1 saturated carbocycles. The van der Waals surface area contributed by atoms with E-state index in [0.717, 1.165) is 64.6 Å². The molecule has 2 heterocycles. The van der Waals surface area contributed by atoms with Crippen LogP contribution in [0.2, 0.25) is 0 Å². The topological polar surface area (TPSA) is 40.6 Å². The fourth-order valence-corrected chi connectivity index (χ4v) is 4.16. The van der Waals surface area contributed by atoms with Crippen LogP contribution in [0, 0.1) is 5.92 Å². The Morgan fingerprint density at radius 1 is 1.00 bits per heavy atom. The van der Waals surface area contributed by atoms with Gasteiger partial charge in [0.05, 0.1) is 6.54 Å². The molecule has 4 heteroatoms. The Morgan fingerprint density at radius 2 is 1.80 bits per heavy atom. The second-order valence-electron chi connectivity index (χ2n) is 6.59. The summed E-state index contributed by atoms with van der Waals surface area (Å²) < 4.78 is 0. The average molecular weight is 278 g/mol. The minimum atomic E-state index is 0.206. The van der Waals surface area contributed by atoms with Crippen molar-refractivity contribution in [1.82, 2.24) is 9.80 Å². The second-order valence-corrected chi connectivity index (χ2v) is 6.59. The lowest BCUT2D eigenvalue weighted by molar-refractivity contribution is -0.133. The maximum atomic E-state index is 12.3. The first-order valence-electron chi connectivity index (χ1n) is 8.30. The summed E-state index contributed by atoms with van der Waals surface area (Å²) in [5.74, 6) is 0.928. The number of likely N-dealkylation sites (tertiary alicyclic amines) is 2. The van der Waals surface area contributed by atoms with Crippen LogP contribution in [0.3, 0.4) is 0 Å². The van der Waals surface area contributed by atoms with E-state index in [1.165, 1.54) is 6.42 Å². The molecule has 2 unspecified atom stereocenters. The number of carbonyl (C=O) groups is 2. The smallest absolute Gasteiger partial charge is 0.236 e. The molecule has 0 aromatic rings. The maximum Gasteiger partial charge on any atom is 0.236 e. The molecule has 2 saturated heterocycles. The van der Waals surface area contributed by atoms with Crippen LogP contribution in [0.15, 0.2) is 0 Å². The van der Waals surface area contributed by atoms with Crippen LogP contribution in [0.4, 0.5) is 0 Å². The molecule has 2 aliphatic heterocycles. The van der Waals surface area contributed by atoms with Crippen molar-refractivity contribution in [1.29, 1.82) is 0 Å². The van der Waals surface area contributed by atoms with Crippen molar-refractivity contribution >= 4 is 11.7 Å². The molecule has 0 radical (unpaired) electrons. The van der Waals surface area contributed by atoms with Crippen molar-refractivity contribution in [2.75, 3.05) is 26.2 Å². The van der Waals surface area contributed by atoms with Crippen molar-refractivity contribution < 1.29 is 9.59 Å². The number of ketones is 1. The minimum absolute atomic E-state index is 0.206. The predicted octanol–water partition coefficient (Wildman–Crippen LogP) is 1.83. The summed E-state index contributed by atoms with van der Waals surface area (Å²) in [5, 5.41) is 0. The first-order valence-corrected chi connectivity index (χ1v) is 8.30. The van der Waals surface area contributed by atoms with E-state index in [-0.39, 0.29) is 11.8 Å². The molecule has 4 nitrogen and oxygen atoms in total. The fourth-order valence-electron chi connectivity index (χ4n) is 4.16. The van der Waals surface area contributed by atoms with Gasteiger partial charge in [0.25, 0.3) is 0 Å². The molecule has 0 spiro atoms. The summed E-state index contributed by atoms with van der Waals surface area (Å²) in [7, 11) is 0. The number of Topliss-reactive ketones (excluding diaryl/α,β-unsaturated/α-hetero) is 1. The highest BCUT2D eigenvalue weighted by Crippen LogP contribution is 2.32. The Balaban J connectivity index is 1.60. The summed E-state index contributed by atoms with van der Waals surface area (Å²) in [4.78, 5) is 28.8. The summed E-state index contributed by atoms with van der Waals surface area (Å²) in [6, 6.07) is 0.342. The number of carbonyl (C=O) groups excluding carboxylic acids is 2. The zero-order valence-corrected chi connectivity index (χ0v) is 12.4. The van der Waals surface area contributed by atoms with Gasteiger partial charge in [-0.05, 0) is 45.1 Å². The molecule has 0 aromatic heterocycles.